The smallest absolute Gasteiger partial charge is 0.410 e. The third kappa shape index (κ3) is 17.5. The fourth-order valence-corrected chi connectivity index (χ4v) is 11.1. The predicted molar refractivity (Wildman–Crippen MR) is 319 cm³/mol. The van der Waals surface area contributed by atoms with Gasteiger partial charge in [0.05, 0.1) is 36.4 Å². The van der Waals surface area contributed by atoms with E-state index in [9.17, 15) is 44.1 Å². The molecule has 0 radical (unpaired) electrons. The third-order valence-corrected chi connectivity index (χ3v) is 16.7. The number of amides is 5. The quantitative estimate of drug-likeness (QED) is 0.0204. The summed E-state index contributed by atoms with van der Waals surface area (Å²) in [5.41, 5.74) is 3.75. The summed E-state index contributed by atoms with van der Waals surface area (Å²) in [5.74, 6) is -2.58. The zero-order valence-corrected chi connectivity index (χ0v) is 50.7. The van der Waals surface area contributed by atoms with Gasteiger partial charge in [-0.25, -0.2) is 14.4 Å². The van der Waals surface area contributed by atoms with E-state index in [4.69, 9.17) is 28.4 Å². The number of hydrogen-bond donors (Lipinski definition) is 6. The topological polar surface area (TPSA) is 264 Å². The summed E-state index contributed by atoms with van der Waals surface area (Å²) in [5, 5.41) is 40.6. The normalized spacial score (nSPS) is 25.3. The minimum Gasteiger partial charge on any atom is -0.457 e. The summed E-state index contributed by atoms with van der Waals surface area (Å²) in [4.78, 5) is 83.1. The van der Waals surface area contributed by atoms with Crippen LogP contribution in [0.5, 0.6) is 0 Å². The highest BCUT2D eigenvalue weighted by Gasteiger charge is 2.47. The summed E-state index contributed by atoms with van der Waals surface area (Å²) in [7, 11) is 1.50. The summed E-state index contributed by atoms with van der Waals surface area (Å²) < 4.78 is 35.2. The lowest BCUT2D eigenvalue weighted by molar-refractivity contribution is -0.151. The monoisotopic (exact) mass is 1180 g/mol. The first-order chi connectivity index (χ1) is 40.4. The number of allylic oxidation sites excluding steroid dienone is 2. The molecule has 0 bridgehead atoms. The van der Waals surface area contributed by atoms with E-state index in [0.717, 1.165) is 22.3 Å². The van der Waals surface area contributed by atoms with Crippen LogP contribution >= 0.6 is 0 Å². The van der Waals surface area contributed by atoms with Gasteiger partial charge in [0.25, 0.3) is 0 Å². The molecule has 1 aliphatic carbocycles. The lowest BCUT2D eigenvalue weighted by atomic mass is 9.88. The number of alkyl carbamates (subject to hydrolysis) is 1. The van der Waals surface area contributed by atoms with Gasteiger partial charge in [-0.2, -0.15) is 0 Å². The Morgan fingerprint density at radius 2 is 1.49 bits per heavy atom. The molecule has 3 heterocycles. The second-order valence-electron chi connectivity index (χ2n) is 23.8. The van der Waals surface area contributed by atoms with Crippen molar-refractivity contribution < 1.29 is 72.5 Å². The van der Waals surface area contributed by atoms with Gasteiger partial charge < -0.3 is 69.5 Å². The van der Waals surface area contributed by atoms with Crippen molar-refractivity contribution >= 4 is 41.8 Å². The lowest BCUT2D eigenvalue weighted by Gasteiger charge is -2.38. The highest BCUT2D eigenvalue weighted by Crippen LogP contribution is 2.45. The Kier molecular flexibility index (Phi) is 22.6. The number of esters is 1. The second kappa shape index (κ2) is 29.3. The SMILES string of the molecule is CC[C@H](O)[C@@H](C)[C@@H]1O[C@H]1CC(C)(O)/C=C/C=C(\C)[C@H]1OC(=O)C[C@H](O)CC[C@@](C)(OC)[C@@H](OC(=O)N2CCN(C(=O)OCc3ccc(NC(=O)C(C)NC(=O)C(NC(=O)OCC4c5ccccc5-c5ccccc54)C(C)C)cc3)CC2)/C=C/[C@@H]1C. The van der Waals surface area contributed by atoms with Crippen molar-refractivity contribution in [1.82, 2.24) is 20.4 Å². The van der Waals surface area contributed by atoms with Crippen LogP contribution < -0.4 is 16.0 Å². The highest BCUT2D eigenvalue weighted by molar-refractivity contribution is 5.98. The van der Waals surface area contributed by atoms with E-state index in [1.165, 1.54) is 23.8 Å². The number of hydrogen-bond acceptors (Lipinski definition) is 15. The van der Waals surface area contributed by atoms with Crippen LogP contribution in [0.4, 0.5) is 20.1 Å². The van der Waals surface area contributed by atoms with Gasteiger partial charge in [0, 0.05) is 63.2 Å². The predicted octanol–water partition coefficient (Wildman–Crippen LogP) is 8.32. The fourth-order valence-electron chi connectivity index (χ4n) is 11.1. The maximum atomic E-state index is 13.9. The van der Waals surface area contributed by atoms with Gasteiger partial charge in [-0.15, -0.1) is 0 Å². The van der Waals surface area contributed by atoms with Crippen LogP contribution in [0.1, 0.15) is 117 Å². The Hall–Kier alpha value is -7.10. The molecule has 20 nitrogen and oxygen atoms in total. The van der Waals surface area contributed by atoms with E-state index in [2.05, 4.69) is 16.0 Å². The number of nitrogens with one attached hydrogen (secondary N) is 3. The fraction of sp³-hybridized carbons (Fsp3) is 0.538. The number of anilines is 1. The second-order valence-corrected chi connectivity index (χ2v) is 23.8. The van der Waals surface area contributed by atoms with Gasteiger partial charge in [-0.05, 0) is 104 Å². The molecule has 2 fully saturated rings. The average Bonchev–Trinajstić information content (AvgIpc) is 2.62. The Balaban J connectivity index is 0.858. The summed E-state index contributed by atoms with van der Waals surface area (Å²) >= 11 is 0. The molecule has 85 heavy (non-hydrogen) atoms. The molecule has 3 unspecified atom stereocenters. The molecular weight excluding hydrogens is 1090 g/mol. The summed E-state index contributed by atoms with van der Waals surface area (Å²) in [6, 6.07) is 20.7. The van der Waals surface area contributed by atoms with Crippen molar-refractivity contribution in [2.24, 2.45) is 17.8 Å². The van der Waals surface area contributed by atoms with Gasteiger partial charge in [-0.1, -0.05) is 120 Å². The van der Waals surface area contributed by atoms with Crippen molar-refractivity contribution in [3.05, 3.63) is 125 Å². The minimum atomic E-state index is -1.21. The van der Waals surface area contributed by atoms with Crippen LogP contribution in [0.3, 0.4) is 0 Å². The molecule has 0 aromatic heterocycles. The maximum absolute atomic E-state index is 13.9. The molecule has 20 heteroatoms. The van der Waals surface area contributed by atoms with Crippen LogP contribution in [0, 0.1) is 17.8 Å². The number of rotatable bonds is 20. The van der Waals surface area contributed by atoms with Crippen LogP contribution in [-0.4, -0.2) is 161 Å². The number of benzene rings is 3. The molecule has 2 saturated heterocycles. The van der Waals surface area contributed by atoms with E-state index >= 15 is 0 Å². The Labute approximate surface area is 499 Å². The van der Waals surface area contributed by atoms with Crippen LogP contribution in [0.2, 0.25) is 0 Å². The number of carbonyl (C=O) groups is 6. The largest absolute Gasteiger partial charge is 0.457 e. The van der Waals surface area contributed by atoms with Crippen molar-refractivity contribution in [2.45, 2.75) is 167 Å². The van der Waals surface area contributed by atoms with Crippen molar-refractivity contribution in [3.63, 3.8) is 0 Å². The first kappa shape index (κ1) is 65.4. The first-order valence-corrected chi connectivity index (χ1v) is 29.6. The Morgan fingerprint density at radius 1 is 0.871 bits per heavy atom. The molecule has 3 aromatic rings. The number of nitrogens with zero attached hydrogens (tertiary/aromatic N) is 2. The Bertz CT molecular complexity index is 2860. The molecule has 3 aromatic carbocycles. The zero-order valence-electron chi connectivity index (χ0n) is 50.7. The number of fused-ring (bicyclic) bond motifs is 3. The maximum Gasteiger partial charge on any atom is 0.410 e. The molecule has 5 amide bonds. The molecule has 6 N–H and O–H groups in total. The number of methoxy groups -OCH3 is 1. The molecule has 4 aliphatic rings. The van der Waals surface area contributed by atoms with Crippen molar-refractivity contribution in [1.29, 1.82) is 0 Å². The summed E-state index contributed by atoms with van der Waals surface area (Å²) in [6.45, 7) is 16.7. The van der Waals surface area contributed by atoms with Crippen LogP contribution in [-0.2, 0) is 49.4 Å². The van der Waals surface area contributed by atoms with Crippen molar-refractivity contribution in [3.8, 4) is 11.1 Å². The number of cyclic esters (lactones) is 1. The van der Waals surface area contributed by atoms with Crippen LogP contribution in [0.15, 0.2) is 109 Å². The number of aliphatic hydroxyl groups is 3. The summed E-state index contributed by atoms with van der Waals surface area (Å²) in [6.07, 6.45) is 4.19. The molecule has 3 aliphatic heterocycles. The molecule has 12 atom stereocenters. The molecular formula is C65H87N5O15. The van der Waals surface area contributed by atoms with Crippen molar-refractivity contribution in [2.75, 3.05) is 45.2 Å². The number of carbonyl (C=O) groups excluding carboxylic acids is 6. The number of piperazine rings is 1. The van der Waals surface area contributed by atoms with E-state index in [1.54, 1.807) is 89.3 Å². The number of epoxide rings is 1. The van der Waals surface area contributed by atoms with Crippen LogP contribution in [0.25, 0.3) is 11.1 Å². The van der Waals surface area contributed by atoms with E-state index in [0.29, 0.717) is 29.7 Å². The van der Waals surface area contributed by atoms with E-state index < -0.39 is 89.7 Å². The van der Waals surface area contributed by atoms with Gasteiger partial charge >= 0.3 is 24.2 Å². The third-order valence-electron chi connectivity index (χ3n) is 16.7. The zero-order chi connectivity index (χ0) is 61.8. The molecule has 7 rings (SSSR count). The van der Waals surface area contributed by atoms with E-state index in [1.807, 2.05) is 69.3 Å². The minimum absolute atomic E-state index is 0.0515. The lowest BCUT2D eigenvalue weighted by Crippen LogP contribution is -2.53. The average molecular weight is 1180 g/mol. The Morgan fingerprint density at radius 3 is 2.11 bits per heavy atom. The van der Waals surface area contributed by atoms with E-state index in [-0.39, 0.29) is 88.6 Å². The molecule has 0 spiro atoms. The standard InChI is InChI=1S/C65H87N5O15/c1-11-52(72)42(6)58-53(83-58)36-64(8,79)29-16-17-40(4)57-41(5)22-27-54(65(9,80-10)30-28-46(71)35-55(73)85-57)84-63(78)70-33-31-69(32-34-70)62(77)82-37-44-23-25-45(26-24-44)67-59(74)43(7)66-60(75)56(39(2)3)68-61(76)81-38-51-49-20-14-12-18-47(49)48-19-13-15-21-50(48)51/h12-27,29,39,41-43,46,51-54,56-58,71-72,79H,11,28,30-38H2,1-10H3,(H,66,75)(H,67,74)(H,68,76)/b27-22+,29-16+,40-17+/t41-,42+,43?,46+,52-,53-,54-,56?,57+,58-,64?,65+/m0/s1. The van der Waals surface area contributed by atoms with Gasteiger partial charge in [-0.3, -0.25) is 14.4 Å². The number of aliphatic hydroxyl groups excluding tert-OH is 2. The molecule has 0 saturated carbocycles. The van der Waals surface area contributed by atoms with Gasteiger partial charge in [0.15, 0.2) is 6.10 Å². The molecule has 462 valence electrons. The van der Waals surface area contributed by atoms with Gasteiger partial charge in [0.1, 0.15) is 37.0 Å². The first-order valence-electron chi connectivity index (χ1n) is 29.6. The highest BCUT2D eigenvalue weighted by atomic mass is 16.6. The van der Waals surface area contributed by atoms with Gasteiger partial charge in [0.2, 0.25) is 11.8 Å². The number of ether oxygens (including phenoxy) is 6.